The van der Waals surface area contributed by atoms with Crippen LogP contribution in [-0.2, 0) is 0 Å². The summed E-state index contributed by atoms with van der Waals surface area (Å²) in [6, 6.07) is 2.73. The van der Waals surface area contributed by atoms with Crippen LogP contribution in [0.15, 0.2) is 12.1 Å². The second kappa shape index (κ2) is 6.02. The van der Waals surface area contributed by atoms with Crippen molar-refractivity contribution >= 4 is 17.3 Å². The van der Waals surface area contributed by atoms with E-state index in [1.165, 1.54) is 12.1 Å². The molecule has 8 nitrogen and oxygen atoms in total. The summed E-state index contributed by atoms with van der Waals surface area (Å²) in [5.41, 5.74) is -0.0653. The van der Waals surface area contributed by atoms with Crippen LogP contribution in [-0.4, -0.2) is 52.0 Å². The van der Waals surface area contributed by atoms with Crippen molar-refractivity contribution in [2.45, 2.75) is 25.6 Å². The molecule has 0 spiro atoms. The highest BCUT2D eigenvalue weighted by molar-refractivity contribution is 5.56. The SMILES string of the molecule is CCCNc1cc([N+](=O)[O-])cc(N2CC(O)C(O)C2)n1. The highest BCUT2D eigenvalue weighted by Crippen LogP contribution is 2.26. The number of nitrogens with one attached hydrogen (secondary N) is 1. The van der Waals surface area contributed by atoms with Gasteiger partial charge >= 0.3 is 0 Å². The fourth-order valence-electron chi connectivity index (χ4n) is 2.07. The molecule has 0 bridgehead atoms. The summed E-state index contributed by atoms with van der Waals surface area (Å²) in [6.07, 6.45) is -0.841. The number of aliphatic hydroxyl groups is 2. The van der Waals surface area contributed by atoms with E-state index in [9.17, 15) is 20.3 Å². The number of nitrogens with zero attached hydrogens (tertiary/aromatic N) is 3. The summed E-state index contributed by atoms with van der Waals surface area (Å²) in [5.74, 6) is 0.806. The van der Waals surface area contributed by atoms with E-state index >= 15 is 0 Å². The molecule has 110 valence electrons. The van der Waals surface area contributed by atoms with Crippen LogP contribution >= 0.6 is 0 Å². The molecule has 2 heterocycles. The molecule has 1 fully saturated rings. The van der Waals surface area contributed by atoms with Crippen LogP contribution in [0.5, 0.6) is 0 Å². The van der Waals surface area contributed by atoms with Gasteiger partial charge in [0.05, 0.1) is 29.3 Å². The molecule has 1 aromatic rings. The molecule has 0 aromatic carbocycles. The van der Waals surface area contributed by atoms with Gasteiger partial charge < -0.3 is 20.4 Å². The van der Waals surface area contributed by atoms with Crippen LogP contribution in [0.3, 0.4) is 0 Å². The second-order valence-electron chi connectivity index (χ2n) is 4.79. The lowest BCUT2D eigenvalue weighted by atomic mass is 10.3. The van der Waals surface area contributed by atoms with E-state index in [-0.39, 0.29) is 18.8 Å². The normalized spacial score (nSPS) is 22.1. The number of anilines is 2. The number of rotatable bonds is 5. The summed E-state index contributed by atoms with van der Waals surface area (Å²) in [5, 5.41) is 33.1. The maximum absolute atomic E-state index is 11.0. The van der Waals surface area contributed by atoms with Crippen molar-refractivity contribution in [1.29, 1.82) is 0 Å². The minimum Gasteiger partial charge on any atom is -0.389 e. The maximum Gasteiger partial charge on any atom is 0.276 e. The first kappa shape index (κ1) is 14.5. The summed E-state index contributed by atoms with van der Waals surface area (Å²) in [6.45, 7) is 3.07. The summed E-state index contributed by atoms with van der Waals surface area (Å²) < 4.78 is 0. The van der Waals surface area contributed by atoms with E-state index in [0.717, 1.165) is 6.42 Å². The highest BCUT2D eigenvalue weighted by atomic mass is 16.6. The molecule has 8 heteroatoms. The fraction of sp³-hybridized carbons (Fsp3) is 0.583. The Labute approximate surface area is 116 Å². The smallest absolute Gasteiger partial charge is 0.276 e. The van der Waals surface area contributed by atoms with Gasteiger partial charge in [0, 0.05) is 19.6 Å². The number of pyridine rings is 1. The Morgan fingerprint density at radius 1 is 1.45 bits per heavy atom. The average molecular weight is 282 g/mol. The second-order valence-corrected chi connectivity index (χ2v) is 4.79. The van der Waals surface area contributed by atoms with Crippen LogP contribution in [0.25, 0.3) is 0 Å². The van der Waals surface area contributed by atoms with Gasteiger partial charge in [-0.15, -0.1) is 0 Å². The van der Waals surface area contributed by atoms with Crippen molar-refractivity contribution in [1.82, 2.24) is 4.98 Å². The van der Waals surface area contributed by atoms with Crippen LogP contribution in [0, 0.1) is 10.1 Å². The Morgan fingerprint density at radius 2 is 2.10 bits per heavy atom. The van der Waals surface area contributed by atoms with Crippen molar-refractivity contribution < 1.29 is 15.1 Å². The first-order valence-electron chi connectivity index (χ1n) is 6.52. The predicted octanol–water partition coefficient (Wildman–Crippen LogP) is 0.353. The molecule has 0 radical (unpaired) electrons. The van der Waals surface area contributed by atoms with Gasteiger partial charge in [-0.25, -0.2) is 4.98 Å². The zero-order valence-electron chi connectivity index (χ0n) is 11.2. The van der Waals surface area contributed by atoms with E-state index in [0.29, 0.717) is 18.2 Å². The van der Waals surface area contributed by atoms with Gasteiger partial charge in [0.2, 0.25) is 0 Å². The number of aliphatic hydroxyl groups excluding tert-OH is 2. The van der Waals surface area contributed by atoms with Gasteiger partial charge in [-0.2, -0.15) is 0 Å². The molecule has 1 aliphatic rings. The molecule has 1 aliphatic heterocycles. The largest absolute Gasteiger partial charge is 0.389 e. The lowest BCUT2D eigenvalue weighted by Gasteiger charge is -2.17. The highest BCUT2D eigenvalue weighted by Gasteiger charge is 2.31. The van der Waals surface area contributed by atoms with E-state index in [1.54, 1.807) is 4.90 Å². The van der Waals surface area contributed by atoms with Gasteiger partial charge in [-0.1, -0.05) is 6.92 Å². The molecule has 2 atom stereocenters. The Morgan fingerprint density at radius 3 is 2.65 bits per heavy atom. The fourth-order valence-corrected chi connectivity index (χ4v) is 2.07. The van der Waals surface area contributed by atoms with Crippen molar-refractivity contribution in [3.63, 3.8) is 0 Å². The summed E-state index contributed by atoms with van der Waals surface area (Å²) >= 11 is 0. The van der Waals surface area contributed by atoms with Crippen LogP contribution < -0.4 is 10.2 Å². The van der Waals surface area contributed by atoms with Gasteiger partial charge in [-0.05, 0) is 6.42 Å². The standard InChI is InChI=1S/C12H18N4O4/c1-2-3-13-11-4-8(16(19)20)5-12(14-11)15-6-9(17)10(18)7-15/h4-5,9-10,17-18H,2-3,6-7H2,1H3,(H,13,14). The Hall–Kier alpha value is -1.93. The first-order valence-corrected chi connectivity index (χ1v) is 6.52. The molecule has 20 heavy (non-hydrogen) atoms. The molecule has 1 aromatic heterocycles. The first-order chi connectivity index (χ1) is 9.51. The summed E-state index contributed by atoms with van der Waals surface area (Å²) in [7, 11) is 0. The van der Waals surface area contributed by atoms with Crippen molar-refractivity contribution in [3.05, 3.63) is 22.2 Å². The predicted molar refractivity (Wildman–Crippen MR) is 73.9 cm³/mol. The Kier molecular flexibility index (Phi) is 4.35. The Bertz CT molecular complexity index is 486. The molecule has 3 N–H and O–H groups in total. The topological polar surface area (TPSA) is 112 Å². The maximum atomic E-state index is 11.0. The number of nitro groups is 1. The molecular weight excluding hydrogens is 264 g/mol. The van der Waals surface area contributed by atoms with Crippen molar-refractivity contribution in [2.24, 2.45) is 0 Å². The van der Waals surface area contributed by atoms with Crippen molar-refractivity contribution in [3.8, 4) is 0 Å². The Balaban J connectivity index is 2.27. The van der Waals surface area contributed by atoms with Crippen LogP contribution in [0.2, 0.25) is 0 Å². The average Bonchev–Trinajstić information content (AvgIpc) is 2.76. The van der Waals surface area contributed by atoms with E-state index in [1.807, 2.05) is 6.92 Å². The van der Waals surface area contributed by atoms with Crippen molar-refractivity contribution in [2.75, 3.05) is 29.9 Å². The van der Waals surface area contributed by atoms with Gasteiger partial charge in [0.25, 0.3) is 5.69 Å². The minimum atomic E-state index is -0.858. The third-order valence-corrected chi connectivity index (χ3v) is 3.15. The van der Waals surface area contributed by atoms with Gasteiger partial charge in [0.15, 0.2) is 0 Å². The minimum absolute atomic E-state index is 0.0653. The lowest BCUT2D eigenvalue weighted by Crippen LogP contribution is -2.22. The lowest BCUT2D eigenvalue weighted by molar-refractivity contribution is -0.384. The van der Waals surface area contributed by atoms with Crippen LogP contribution in [0.4, 0.5) is 17.3 Å². The van der Waals surface area contributed by atoms with Crippen LogP contribution in [0.1, 0.15) is 13.3 Å². The van der Waals surface area contributed by atoms with E-state index in [2.05, 4.69) is 10.3 Å². The third-order valence-electron chi connectivity index (χ3n) is 3.15. The number of hydrogen-bond acceptors (Lipinski definition) is 7. The van der Waals surface area contributed by atoms with E-state index in [4.69, 9.17) is 0 Å². The molecule has 2 rings (SSSR count). The molecule has 0 amide bonds. The quantitative estimate of drug-likeness (QED) is 0.528. The third kappa shape index (κ3) is 3.14. The monoisotopic (exact) mass is 282 g/mol. The molecule has 1 saturated heterocycles. The number of β-amino-alcohol motifs (C(OH)–C–C–N with tert-alkyl or cyclic N) is 2. The van der Waals surface area contributed by atoms with Gasteiger partial charge in [-0.3, -0.25) is 10.1 Å². The van der Waals surface area contributed by atoms with E-state index < -0.39 is 17.1 Å². The molecule has 2 unspecified atom stereocenters. The summed E-state index contributed by atoms with van der Waals surface area (Å²) in [4.78, 5) is 16.4. The zero-order valence-corrected chi connectivity index (χ0v) is 11.2. The number of hydrogen-bond donors (Lipinski definition) is 3. The number of aromatic nitrogens is 1. The zero-order chi connectivity index (χ0) is 14.7. The molecule has 0 aliphatic carbocycles. The van der Waals surface area contributed by atoms with Gasteiger partial charge in [0.1, 0.15) is 11.6 Å². The molecule has 0 saturated carbocycles. The molecular formula is C12H18N4O4.